The second-order valence-electron chi connectivity index (χ2n) is 6.00. The number of ether oxygens (including phenoxy) is 1. The Morgan fingerprint density at radius 3 is 2.22 bits per heavy atom. The summed E-state index contributed by atoms with van der Waals surface area (Å²) in [6.45, 7) is 8.04. The van der Waals surface area contributed by atoms with Crippen LogP contribution in [0.2, 0.25) is 5.02 Å². The Morgan fingerprint density at radius 1 is 1.15 bits per heavy atom. The van der Waals surface area contributed by atoms with Crippen LogP contribution >= 0.6 is 11.6 Å². The first-order valence-corrected chi connectivity index (χ1v) is 10.6. The van der Waals surface area contributed by atoms with Crippen molar-refractivity contribution in [1.29, 1.82) is 0 Å². The minimum Gasteiger partial charge on any atom is -0.469 e. The Bertz CT molecular complexity index is 778. The van der Waals surface area contributed by atoms with Gasteiger partial charge in [0.2, 0.25) is 10.0 Å². The second kappa shape index (κ2) is 10.1. The van der Waals surface area contributed by atoms with E-state index >= 15 is 0 Å². The molecule has 152 valence electrons. The molecule has 0 bridgehead atoms. The number of esters is 1. The van der Waals surface area contributed by atoms with Crippen molar-refractivity contribution in [2.75, 3.05) is 33.3 Å². The third kappa shape index (κ3) is 5.43. The molecule has 0 aliphatic rings. The molecule has 0 heterocycles. The predicted molar refractivity (Wildman–Crippen MR) is 104 cm³/mol. The van der Waals surface area contributed by atoms with Gasteiger partial charge in [-0.15, -0.1) is 0 Å². The minimum atomic E-state index is -3.72. The summed E-state index contributed by atoms with van der Waals surface area (Å²) in [5.41, 5.74) is 0.0869. The van der Waals surface area contributed by atoms with E-state index in [2.05, 4.69) is 0 Å². The summed E-state index contributed by atoms with van der Waals surface area (Å²) in [5, 5.41) is 0.155. The van der Waals surface area contributed by atoms with Crippen LogP contribution in [0.1, 0.15) is 38.1 Å². The van der Waals surface area contributed by atoms with E-state index in [1.165, 1.54) is 34.5 Å². The highest BCUT2D eigenvalue weighted by atomic mass is 35.5. The summed E-state index contributed by atoms with van der Waals surface area (Å²) in [7, 11) is -2.43. The molecule has 0 N–H and O–H groups in total. The van der Waals surface area contributed by atoms with E-state index in [1.807, 2.05) is 0 Å². The molecule has 0 saturated carbocycles. The molecule has 0 aliphatic carbocycles. The second-order valence-corrected chi connectivity index (χ2v) is 8.34. The zero-order chi connectivity index (χ0) is 20.8. The van der Waals surface area contributed by atoms with Crippen molar-refractivity contribution in [2.45, 2.75) is 32.6 Å². The zero-order valence-electron chi connectivity index (χ0n) is 16.4. The van der Waals surface area contributed by atoms with E-state index in [0.717, 1.165) is 0 Å². The van der Waals surface area contributed by atoms with Crippen LogP contribution in [0.25, 0.3) is 0 Å². The van der Waals surface area contributed by atoms with Crippen molar-refractivity contribution in [3.63, 3.8) is 0 Å². The molecule has 1 aromatic carbocycles. The predicted octanol–water partition coefficient (Wildman–Crippen LogP) is 2.64. The van der Waals surface area contributed by atoms with Gasteiger partial charge in [0.25, 0.3) is 5.91 Å². The smallest absolute Gasteiger partial charge is 0.310 e. The standard InChI is InChI=1S/C18H27ClN2O5S/c1-6-20(12-13(4)18(23)26-5)17(22)15-11-14(9-10-16(15)19)27(24,25)21(7-2)8-3/h9-11,13H,6-8,12H2,1-5H3. The highest BCUT2D eigenvalue weighted by Gasteiger charge is 2.26. The van der Waals surface area contributed by atoms with Gasteiger partial charge < -0.3 is 9.64 Å². The maximum atomic E-state index is 12.9. The maximum Gasteiger partial charge on any atom is 0.310 e. The van der Waals surface area contributed by atoms with Gasteiger partial charge in [0.15, 0.2) is 0 Å². The molecule has 1 rings (SSSR count). The molecule has 1 amide bonds. The SMILES string of the molecule is CCN(CC(C)C(=O)OC)C(=O)c1cc(S(=O)(=O)N(CC)CC)ccc1Cl. The molecule has 1 aromatic rings. The number of hydrogen-bond acceptors (Lipinski definition) is 5. The van der Waals surface area contributed by atoms with Crippen LogP contribution in [0, 0.1) is 5.92 Å². The van der Waals surface area contributed by atoms with Crippen LogP contribution in [0.15, 0.2) is 23.1 Å². The molecular weight excluding hydrogens is 392 g/mol. The first kappa shape index (κ1) is 23.4. The molecule has 27 heavy (non-hydrogen) atoms. The van der Waals surface area contributed by atoms with Gasteiger partial charge in [-0.25, -0.2) is 8.42 Å². The van der Waals surface area contributed by atoms with E-state index in [1.54, 1.807) is 27.7 Å². The largest absolute Gasteiger partial charge is 0.469 e. The first-order chi connectivity index (χ1) is 12.6. The van der Waals surface area contributed by atoms with Gasteiger partial charge >= 0.3 is 5.97 Å². The van der Waals surface area contributed by atoms with Crippen molar-refractivity contribution in [2.24, 2.45) is 5.92 Å². The van der Waals surface area contributed by atoms with Crippen molar-refractivity contribution in [1.82, 2.24) is 9.21 Å². The molecule has 0 aromatic heterocycles. The maximum absolute atomic E-state index is 12.9. The van der Waals surface area contributed by atoms with Crippen LogP contribution in [-0.4, -0.2) is 62.8 Å². The van der Waals surface area contributed by atoms with Crippen LogP contribution in [0.4, 0.5) is 0 Å². The Balaban J connectivity index is 3.25. The van der Waals surface area contributed by atoms with Crippen LogP contribution in [-0.2, 0) is 19.6 Å². The topological polar surface area (TPSA) is 84.0 Å². The van der Waals surface area contributed by atoms with Gasteiger partial charge in [-0.1, -0.05) is 32.4 Å². The average molecular weight is 419 g/mol. The van der Waals surface area contributed by atoms with Gasteiger partial charge in [0.05, 0.1) is 28.5 Å². The van der Waals surface area contributed by atoms with Crippen molar-refractivity contribution < 1.29 is 22.7 Å². The lowest BCUT2D eigenvalue weighted by molar-refractivity contribution is -0.145. The average Bonchev–Trinajstić information content (AvgIpc) is 2.65. The number of rotatable bonds is 9. The molecule has 0 radical (unpaired) electrons. The van der Waals surface area contributed by atoms with E-state index < -0.39 is 27.8 Å². The molecule has 0 saturated heterocycles. The van der Waals surface area contributed by atoms with Gasteiger partial charge in [-0.2, -0.15) is 4.31 Å². The Kier molecular flexibility index (Phi) is 8.71. The van der Waals surface area contributed by atoms with Crippen LogP contribution < -0.4 is 0 Å². The number of halogens is 1. The Labute approximate surface area is 166 Å². The fourth-order valence-corrected chi connectivity index (χ4v) is 4.36. The number of methoxy groups -OCH3 is 1. The summed E-state index contributed by atoms with van der Waals surface area (Å²) >= 11 is 6.17. The number of benzene rings is 1. The summed E-state index contributed by atoms with van der Waals surface area (Å²) in [6.07, 6.45) is 0. The molecule has 0 fully saturated rings. The number of carbonyl (C=O) groups is 2. The van der Waals surface area contributed by atoms with Crippen LogP contribution in [0.5, 0.6) is 0 Å². The van der Waals surface area contributed by atoms with Crippen LogP contribution in [0.3, 0.4) is 0 Å². The van der Waals surface area contributed by atoms with E-state index in [0.29, 0.717) is 19.6 Å². The number of nitrogens with zero attached hydrogens (tertiary/aromatic N) is 2. The van der Waals surface area contributed by atoms with E-state index in [9.17, 15) is 18.0 Å². The van der Waals surface area contributed by atoms with E-state index in [4.69, 9.17) is 16.3 Å². The lowest BCUT2D eigenvalue weighted by Gasteiger charge is -2.24. The number of carbonyl (C=O) groups excluding carboxylic acids is 2. The van der Waals surface area contributed by atoms with Gasteiger partial charge in [0, 0.05) is 26.2 Å². The third-order valence-corrected chi connectivity index (χ3v) is 6.65. The number of hydrogen-bond donors (Lipinski definition) is 0. The fraction of sp³-hybridized carbons (Fsp3) is 0.556. The monoisotopic (exact) mass is 418 g/mol. The summed E-state index contributed by atoms with van der Waals surface area (Å²) in [4.78, 5) is 26.0. The normalized spacial score (nSPS) is 12.7. The van der Waals surface area contributed by atoms with Crippen molar-refractivity contribution in [3.05, 3.63) is 28.8 Å². The first-order valence-electron chi connectivity index (χ1n) is 8.80. The summed E-state index contributed by atoms with van der Waals surface area (Å²) in [6, 6.07) is 4.09. The highest BCUT2D eigenvalue weighted by Crippen LogP contribution is 2.24. The molecule has 1 atom stereocenters. The number of sulfonamides is 1. The molecule has 0 aliphatic heterocycles. The zero-order valence-corrected chi connectivity index (χ0v) is 17.9. The minimum absolute atomic E-state index is 0.0102. The van der Waals surface area contributed by atoms with Gasteiger partial charge in [0.1, 0.15) is 0 Å². The fourth-order valence-electron chi connectivity index (χ4n) is 2.67. The van der Waals surface area contributed by atoms with Gasteiger partial charge in [-0.3, -0.25) is 9.59 Å². The summed E-state index contributed by atoms with van der Waals surface area (Å²) < 4.78 is 31.4. The number of amides is 1. The highest BCUT2D eigenvalue weighted by molar-refractivity contribution is 7.89. The van der Waals surface area contributed by atoms with Crippen molar-refractivity contribution in [3.8, 4) is 0 Å². The Hall–Kier alpha value is -1.64. The van der Waals surface area contributed by atoms with E-state index in [-0.39, 0.29) is 22.0 Å². The molecule has 0 spiro atoms. The molecule has 1 unspecified atom stereocenters. The molecule has 9 heteroatoms. The quantitative estimate of drug-likeness (QED) is 0.575. The van der Waals surface area contributed by atoms with Gasteiger partial charge in [-0.05, 0) is 25.1 Å². The molecule has 7 nitrogen and oxygen atoms in total. The third-order valence-electron chi connectivity index (χ3n) is 4.28. The lowest BCUT2D eigenvalue weighted by Crippen LogP contribution is -2.37. The Morgan fingerprint density at radius 2 is 1.74 bits per heavy atom. The van der Waals surface area contributed by atoms with Crippen molar-refractivity contribution >= 4 is 33.5 Å². The summed E-state index contributed by atoms with van der Waals surface area (Å²) in [5.74, 6) is -1.37. The molecular formula is C18H27ClN2O5S. The lowest BCUT2D eigenvalue weighted by atomic mass is 10.1.